The molecule has 162 valence electrons. The molecule has 0 saturated heterocycles. The second kappa shape index (κ2) is 9.29. The summed E-state index contributed by atoms with van der Waals surface area (Å²) in [5.74, 6) is -0.174. The zero-order valence-corrected chi connectivity index (χ0v) is 18.0. The number of hydrogen-bond donors (Lipinski definition) is 3. The summed E-state index contributed by atoms with van der Waals surface area (Å²) in [5.41, 5.74) is 1.72. The third-order valence-electron chi connectivity index (χ3n) is 4.37. The number of benzene rings is 3. The largest absolute Gasteiger partial charge is 0.326 e. The zero-order valence-electron chi connectivity index (χ0n) is 16.4. The molecule has 0 aromatic heterocycles. The Morgan fingerprint density at radius 3 is 1.87 bits per heavy atom. The summed E-state index contributed by atoms with van der Waals surface area (Å²) >= 11 is 0. The predicted molar refractivity (Wildman–Crippen MR) is 118 cm³/mol. The molecule has 1 amide bonds. The summed E-state index contributed by atoms with van der Waals surface area (Å²) in [6.07, 6.45) is 0.910. The summed E-state index contributed by atoms with van der Waals surface area (Å²) < 4.78 is 50.0. The van der Waals surface area contributed by atoms with Crippen molar-refractivity contribution in [2.75, 3.05) is 10.0 Å². The fraction of sp³-hybridized carbons (Fsp3) is 0.0952. The molecule has 3 rings (SSSR count). The molecule has 0 aliphatic carbocycles. The van der Waals surface area contributed by atoms with Crippen LogP contribution in [0.4, 0.5) is 11.4 Å². The minimum absolute atomic E-state index is 0.00897. The monoisotopic (exact) mass is 459 g/mol. The molecular weight excluding hydrogens is 438 g/mol. The van der Waals surface area contributed by atoms with Crippen LogP contribution in [0.1, 0.15) is 12.0 Å². The molecule has 0 fully saturated rings. The molecule has 0 radical (unpaired) electrons. The van der Waals surface area contributed by atoms with Crippen LogP contribution >= 0.6 is 0 Å². The lowest BCUT2D eigenvalue weighted by atomic mass is 10.1. The molecule has 0 heterocycles. The first-order chi connectivity index (χ1) is 14.6. The number of amides is 1. The van der Waals surface area contributed by atoms with E-state index in [1.807, 2.05) is 30.3 Å². The van der Waals surface area contributed by atoms with Crippen molar-refractivity contribution in [2.24, 2.45) is 5.14 Å². The van der Waals surface area contributed by atoms with E-state index in [0.717, 1.165) is 5.56 Å². The average molecular weight is 460 g/mol. The Balaban J connectivity index is 1.61. The van der Waals surface area contributed by atoms with Crippen molar-refractivity contribution in [2.45, 2.75) is 22.6 Å². The van der Waals surface area contributed by atoms with Gasteiger partial charge in [-0.3, -0.25) is 9.52 Å². The second-order valence-electron chi connectivity index (χ2n) is 6.73. The Hall–Kier alpha value is -3.21. The summed E-state index contributed by atoms with van der Waals surface area (Å²) in [4.78, 5) is 12.0. The molecule has 3 aromatic rings. The molecule has 0 spiro atoms. The van der Waals surface area contributed by atoms with Crippen LogP contribution in [0, 0.1) is 0 Å². The lowest BCUT2D eigenvalue weighted by Gasteiger charge is -2.10. The molecule has 0 unspecified atom stereocenters. The third kappa shape index (κ3) is 6.38. The van der Waals surface area contributed by atoms with Gasteiger partial charge in [-0.25, -0.2) is 22.0 Å². The number of anilines is 2. The van der Waals surface area contributed by atoms with Crippen molar-refractivity contribution in [3.8, 4) is 0 Å². The highest BCUT2D eigenvalue weighted by atomic mass is 32.2. The van der Waals surface area contributed by atoms with E-state index >= 15 is 0 Å². The first-order valence-electron chi connectivity index (χ1n) is 9.23. The van der Waals surface area contributed by atoms with Crippen molar-refractivity contribution in [1.82, 2.24) is 0 Å². The van der Waals surface area contributed by atoms with Gasteiger partial charge in [0.15, 0.2) is 0 Å². The van der Waals surface area contributed by atoms with Crippen LogP contribution in [0.25, 0.3) is 0 Å². The van der Waals surface area contributed by atoms with E-state index in [9.17, 15) is 21.6 Å². The molecule has 0 bridgehead atoms. The standard InChI is InChI=1S/C21H21N3O5S2/c22-30(26,27)19-11-9-18(10-12-19)24-31(28,29)20-13-7-17(8-14-20)23-21(25)15-6-16-4-2-1-3-5-16/h1-5,7-14,24H,6,15H2,(H,23,25)(H2,22,26,27). The summed E-state index contributed by atoms with van der Waals surface area (Å²) in [6.45, 7) is 0. The topological polar surface area (TPSA) is 135 Å². The fourth-order valence-electron chi connectivity index (χ4n) is 2.77. The Bertz CT molecular complexity index is 1260. The summed E-state index contributed by atoms with van der Waals surface area (Å²) in [6, 6.07) is 20.4. The van der Waals surface area contributed by atoms with Crippen molar-refractivity contribution < 1.29 is 21.6 Å². The second-order valence-corrected chi connectivity index (χ2v) is 9.98. The molecule has 0 atom stereocenters. The molecule has 0 saturated carbocycles. The van der Waals surface area contributed by atoms with Crippen LogP contribution < -0.4 is 15.2 Å². The van der Waals surface area contributed by atoms with Gasteiger partial charge in [-0.05, 0) is 60.5 Å². The minimum Gasteiger partial charge on any atom is -0.326 e. The summed E-state index contributed by atoms with van der Waals surface area (Å²) in [7, 11) is -7.76. The SMILES string of the molecule is NS(=O)(=O)c1ccc(NS(=O)(=O)c2ccc(NC(=O)CCc3ccccc3)cc2)cc1. The normalized spacial score (nSPS) is 11.6. The Morgan fingerprint density at radius 1 is 0.742 bits per heavy atom. The number of nitrogens with one attached hydrogen (secondary N) is 2. The molecule has 8 nitrogen and oxygen atoms in total. The van der Waals surface area contributed by atoms with Gasteiger partial charge in [-0.2, -0.15) is 0 Å². The maximum Gasteiger partial charge on any atom is 0.261 e. The van der Waals surface area contributed by atoms with Gasteiger partial charge < -0.3 is 5.32 Å². The van der Waals surface area contributed by atoms with Gasteiger partial charge in [0.2, 0.25) is 15.9 Å². The van der Waals surface area contributed by atoms with Crippen molar-refractivity contribution in [3.63, 3.8) is 0 Å². The Kier molecular flexibility index (Phi) is 6.74. The number of nitrogens with two attached hydrogens (primary N) is 1. The fourth-order valence-corrected chi connectivity index (χ4v) is 4.34. The highest BCUT2D eigenvalue weighted by Gasteiger charge is 2.15. The van der Waals surface area contributed by atoms with Crippen LogP contribution in [0.5, 0.6) is 0 Å². The van der Waals surface area contributed by atoms with Crippen LogP contribution in [-0.4, -0.2) is 22.7 Å². The third-order valence-corrected chi connectivity index (χ3v) is 6.69. The van der Waals surface area contributed by atoms with E-state index in [0.29, 0.717) is 18.5 Å². The van der Waals surface area contributed by atoms with Crippen LogP contribution in [0.2, 0.25) is 0 Å². The van der Waals surface area contributed by atoms with E-state index in [2.05, 4.69) is 10.0 Å². The van der Waals surface area contributed by atoms with Gasteiger partial charge in [0, 0.05) is 17.8 Å². The van der Waals surface area contributed by atoms with E-state index in [-0.39, 0.29) is 21.4 Å². The number of rotatable bonds is 8. The summed E-state index contributed by atoms with van der Waals surface area (Å²) in [5, 5.41) is 7.76. The van der Waals surface area contributed by atoms with E-state index in [4.69, 9.17) is 5.14 Å². The predicted octanol–water partition coefficient (Wildman–Crippen LogP) is 2.71. The molecule has 0 aliphatic rings. The Morgan fingerprint density at radius 2 is 1.29 bits per heavy atom. The molecular formula is C21H21N3O5S2. The van der Waals surface area contributed by atoms with Gasteiger partial charge in [-0.1, -0.05) is 30.3 Å². The van der Waals surface area contributed by atoms with E-state index in [1.165, 1.54) is 48.5 Å². The molecule has 4 N–H and O–H groups in total. The molecule has 31 heavy (non-hydrogen) atoms. The van der Waals surface area contributed by atoms with E-state index in [1.54, 1.807) is 0 Å². The lowest BCUT2D eigenvalue weighted by molar-refractivity contribution is -0.116. The van der Waals surface area contributed by atoms with Gasteiger partial charge in [-0.15, -0.1) is 0 Å². The highest BCUT2D eigenvalue weighted by molar-refractivity contribution is 7.92. The molecule has 0 aliphatic heterocycles. The van der Waals surface area contributed by atoms with Crippen molar-refractivity contribution in [3.05, 3.63) is 84.4 Å². The number of carbonyl (C=O) groups is 1. The number of primary sulfonamides is 1. The van der Waals surface area contributed by atoms with Crippen molar-refractivity contribution in [1.29, 1.82) is 0 Å². The quantitative estimate of drug-likeness (QED) is 0.476. The Labute approximate surface area is 181 Å². The molecule has 10 heteroatoms. The van der Waals surface area contributed by atoms with Crippen LogP contribution in [0.15, 0.2) is 88.7 Å². The van der Waals surface area contributed by atoms with Gasteiger partial charge in [0.25, 0.3) is 10.0 Å². The number of carbonyl (C=O) groups excluding carboxylic acids is 1. The van der Waals surface area contributed by atoms with Crippen molar-refractivity contribution >= 4 is 37.3 Å². The van der Waals surface area contributed by atoms with Gasteiger partial charge in [0.05, 0.1) is 9.79 Å². The van der Waals surface area contributed by atoms with Crippen LogP contribution in [0.3, 0.4) is 0 Å². The maximum absolute atomic E-state index is 12.5. The smallest absolute Gasteiger partial charge is 0.261 e. The average Bonchev–Trinajstić information content (AvgIpc) is 2.73. The molecule has 3 aromatic carbocycles. The first kappa shape index (κ1) is 22.5. The minimum atomic E-state index is -3.90. The number of aryl methyl sites for hydroxylation is 1. The highest BCUT2D eigenvalue weighted by Crippen LogP contribution is 2.20. The van der Waals surface area contributed by atoms with Gasteiger partial charge >= 0.3 is 0 Å². The zero-order chi connectivity index (χ0) is 22.5. The van der Waals surface area contributed by atoms with Crippen LogP contribution in [-0.2, 0) is 31.3 Å². The number of sulfonamides is 2. The number of hydrogen-bond acceptors (Lipinski definition) is 5. The maximum atomic E-state index is 12.5. The van der Waals surface area contributed by atoms with Gasteiger partial charge in [0.1, 0.15) is 0 Å². The first-order valence-corrected chi connectivity index (χ1v) is 12.3. The lowest BCUT2D eigenvalue weighted by Crippen LogP contribution is -2.15. The van der Waals surface area contributed by atoms with E-state index < -0.39 is 20.0 Å².